The zero-order valence-electron chi connectivity index (χ0n) is 13.2. The van der Waals surface area contributed by atoms with Crippen molar-refractivity contribution in [2.45, 2.75) is 33.1 Å². The van der Waals surface area contributed by atoms with E-state index < -0.39 is 0 Å². The molecular weight excluding hydrogens is 262 g/mol. The minimum Gasteiger partial charge on any atom is -0.496 e. The third-order valence-corrected chi connectivity index (χ3v) is 3.24. The summed E-state index contributed by atoms with van der Waals surface area (Å²) < 4.78 is 5.42. The molecule has 0 bridgehead atoms. The fourth-order valence-electron chi connectivity index (χ4n) is 2.06. The Morgan fingerprint density at radius 2 is 1.95 bits per heavy atom. The Morgan fingerprint density at radius 3 is 2.62 bits per heavy atom. The van der Waals surface area contributed by atoms with E-state index in [0.717, 1.165) is 35.8 Å². The molecule has 0 spiro atoms. The number of hydrogen-bond acceptors (Lipinski definition) is 4. The molecule has 0 aliphatic heterocycles. The molecule has 0 saturated carbocycles. The van der Waals surface area contributed by atoms with Crippen LogP contribution in [0.1, 0.15) is 38.8 Å². The first-order valence-corrected chi connectivity index (χ1v) is 7.42. The Hall–Kier alpha value is -2.10. The highest BCUT2D eigenvalue weighted by molar-refractivity contribution is 5.65. The van der Waals surface area contributed by atoms with E-state index in [1.807, 2.05) is 30.3 Å². The van der Waals surface area contributed by atoms with E-state index in [1.54, 1.807) is 7.11 Å². The summed E-state index contributed by atoms with van der Waals surface area (Å²) in [5.41, 5.74) is 1.95. The summed E-state index contributed by atoms with van der Waals surface area (Å²) in [6, 6.07) is 9.87. The third-order valence-electron chi connectivity index (χ3n) is 3.24. The minimum atomic E-state index is 0.351. The second-order valence-electron chi connectivity index (χ2n) is 5.28. The van der Waals surface area contributed by atoms with Gasteiger partial charge in [0.1, 0.15) is 11.6 Å². The lowest BCUT2D eigenvalue weighted by Gasteiger charge is -2.13. The fourth-order valence-corrected chi connectivity index (χ4v) is 2.06. The molecule has 0 fully saturated rings. The summed E-state index contributed by atoms with van der Waals surface area (Å²) in [4.78, 5) is 9.32. The van der Waals surface area contributed by atoms with Crippen molar-refractivity contribution in [1.29, 1.82) is 0 Å². The first-order valence-electron chi connectivity index (χ1n) is 7.42. The number of aromatic nitrogens is 2. The largest absolute Gasteiger partial charge is 0.496 e. The number of nitrogens with zero attached hydrogens (tertiary/aromatic N) is 2. The molecule has 4 nitrogen and oxygen atoms in total. The van der Waals surface area contributed by atoms with Gasteiger partial charge in [0.2, 0.25) is 0 Å². The Balaban J connectivity index is 2.48. The number of ether oxygens (including phenoxy) is 1. The Kier molecular flexibility index (Phi) is 5.14. The predicted octanol–water partition coefficient (Wildman–Crippen LogP) is 4.10. The maximum atomic E-state index is 5.42. The van der Waals surface area contributed by atoms with Gasteiger partial charge in [0, 0.05) is 18.3 Å². The second kappa shape index (κ2) is 7.07. The topological polar surface area (TPSA) is 47.0 Å². The average molecular weight is 285 g/mol. The number of rotatable bonds is 6. The van der Waals surface area contributed by atoms with Gasteiger partial charge >= 0.3 is 0 Å². The van der Waals surface area contributed by atoms with Crippen molar-refractivity contribution >= 4 is 5.82 Å². The number of nitrogens with one attached hydrogen (secondary N) is 1. The molecule has 0 aliphatic rings. The number of anilines is 1. The molecule has 112 valence electrons. The molecule has 0 atom stereocenters. The molecule has 1 heterocycles. The quantitative estimate of drug-likeness (QED) is 0.868. The van der Waals surface area contributed by atoms with Crippen LogP contribution in [0.3, 0.4) is 0 Å². The van der Waals surface area contributed by atoms with Crippen molar-refractivity contribution in [3.63, 3.8) is 0 Å². The molecular formula is C17H23N3O. The van der Waals surface area contributed by atoms with Crippen LogP contribution in [-0.4, -0.2) is 23.6 Å². The van der Waals surface area contributed by atoms with E-state index in [0.29, 0.717) is 11.7 Å². The number of methoxy groups -OCH3 is 1. The Bertz CT molecular complexity index is 596. The highest BCUT2D eigenvalue weighted by Gasteiger charge is 2.12. The van der Waals surface area contributed by atoms with Crippen LogP contribution in [0.2, 0.25) is 0 Å². The highest BCUT2D eigenvalue weighted by atomic mass is 16.5. The zero-order valence-corrected chi connectivity index (χ0v) is 13.2. The summed E-state index contributed by atoms with van der Waals surface area (Å²) >= 11 is 0. The van der Waals surface area contributed by atoms with Crippen molar-refractivity contribution in [1.82, 2.24) is 9.97 Å². The number of hydrogen-bond donors (Lipinski definition) is 1. The van der Waals surface area contributed by atoms with E-state index in [2.05, 4.69) is 36.1 Å². The van der Waals surface area contributed by atoms with E-state index in [-0.39, 0.29) is 0 Å². The summed E-state index contributed by atoms with van der Waals surface area (Å²) in [5.74, 6) is 2.72. The molecule has 4 heteroatoms. The monoisotopic (exact) mass is 285 g/mol. The lowest BCUT2D eigenvalue weighted by molar-refractivity contribution is 0.416. The number of benzene rings is 1. The van der Waals surface area contributed by atoms with Crippen LogP contribution in [0.4, 0.5) is 5.82 Å². The molecule has 1 N–H and O–H groups in total. The maximum Gasteiger partial charge on any atom is 0.165 e. The van der Waals surface area contributed by atoms with Crippen LogP contribution in [0.15, 0.2) is 30.3 Å². The van der Waals surface area contributed by atoms with Gasteiger partial charge in [-0.2, -0.15) is 0 Å². The van der Waals surface area contributed by atoms with Gasteiger partial charge in [-0.25, -0.2) is 9.97 Å². The predicted molar refractivity (Wildman–Crippen MR) is 86.9 cm³/mol. The van der Waals surface area contributed by atoms with E-state index in [1.165, 1.54) is 0 Å². The standard InChI is InChI=1S/C17H23N3O/c1-5-10-18-16-11-14(12(2)3)19-17(20-16)13-8-6-7-9-15(13)21-4/h6-9,11-12H,5,10H2,1-4H3,(H,18,19,20). The molecule has 0 radical (unpaired) electrons. The first kappa shape index (κ1) is 15.3. The van der Waals surface area contributed by atoms with E-state index in [4.69, 9.17) is 4.74 Å². The molecule has 2 rings (SSSR count). The van der Waals surface area contributed by atoms with Crippen LogP contribution >= 0.6 is 0 Å². The van der Waals surface area contributed by atoms with Crippen molar-refractivity contribution in [3.8, 4) is 17.1 Å². The lowest BCUT2D eigenvalue weighted by atomic mass is 10.1. The van der Waals surface area contributed by atoms with E-state index in [9.17, 15) is 0 Å². The van der Waals surface area contributed by atoms with Crippen LogP contribution < -0.4 is 10.1 Å². The summed E-state index contributed by atoms with van der Waals surface area (Å²) in [6.45, 7) is 7.31. The molecule has 0 aliphatic carbocycles. The van der Waals surface area contributed by atoms with Crippen LogP contribution in [0.25, 0.3) is 11.4 Å². The molecule has 2 aromatic rings. The van der Waals surface area contributed by atoms with Gasteiger partial charge in [-0.05, 0) is 24.5 Å². The van der Waals surface area contributed by atoms with Crippen molar-refractivity contribution < 1.29 is 4.74 Å². The second-order valence-corrected chi connectivity index (χ2v) is 5.28. The average Bonchev–Trinajstić information content (AvgIpc) is 2.52. The summed E-state index contributed by atoms with van der Waals surface area (Å²) in [7, 11) is 1.67. The van der Waals surface area contributed by atoms with Gasteiger partial charge in [0.25, 0.3) is 0 Å². The Morgan fingerprint density at radius 1 is 1.19 bits per heavy atom. The number of para-hydroxylation sites is 1. The van der Waals surface area contributed by atoms with Crippen molar-refractivity contribution in [2.24, 2.45) is 0 Å². The fraction of sp³-hybridized carbons (Fsp3) is 0.412. The normalized spacial score (nSPS) is 10.7. The van der Waals surface area contributed by atoms with Gasteiger partial charge in [0.15, 0.2) is 5.82 Å². The van der Waals surface area contributed by atoms with Gasteiger partial charge in [-0.15, -0.1) is 0 Å². The zero-order chi connectivity index (χ0) is 15.2. The molecule has 21 heavy (non-hydrogen) atoms. The Labute approximate surface area is 126 Å². The summed E-state index contributed by atoms with van der Waals surface area (Å²) in [5, 5.41) is 3.35. The maximum absolute atomic E-state index is 5.42. The smallest absolute Gasteiger partial charge is 0.165 e. The van der Waals surface area contributed by atoms with Crippen LogP contribution in [0.5, 0.6) is 5.75 Å². The summed E-state index contributed by atoms with van der Waals surface area (Å²) in [6.07, 6.45) is 1.06. The van der Waals surface area contributed by atoms with Gasteiger partial charge in [-0.3, -0.25) is 0 Å². The minimum absolute atomic E-state index is 0.351. The SMILES string of the molecule is CCCNc1cc(C(C)C)nc(-c2ccccc2OC)n1. The third kappa shape index (κ3) is 3.72. The molecule has 0 saturated heterocycles. The molecule has 0 amide bonds. The van der Waals surface area contributed by atoms with Crippen LogP contribution in [-0.2, 0) is 0 Å². The van der Waals surface area contributed by atoms with Crippen molar-refractivity contribution in [3.05, 3.63) is 36.0 Å². The molecule has 1 aromatic carbocycles. The van der Waals surface area contributed by atoms with Gasteiger partial charge in [-0.1, -0.05) is 32.9 Å². The lowest BCUT2D eigenvalue weighted by Crippen LogP contribution is -2.06. The highest BCUT2D eigenvalue weighted by Crippen LogP contribution is 2.29. The van der Waals surface area contributed by atoms with Gasteiger partial charge < -0.3 is 10.1 Å². The molecule has 0 unspecified atom stereocenters. The molecule has 1 aromatic heterocycles. The van der Waals surface area contributed by atoms with E-state index >= 15 is 0 Å². The van der Waals surface area contributed by atoms with Crippen LogP contribution in [0, 0.1) is 0 Å². The van der Waals surface area contributed by atoms with Gasteiger partial charge in [0.05, 0.1) is 12.7 Å². The first-order chi connectivity index (χ1) is 10.2. The van der Waals surface area contributed by atoms with Crippen molar-refractivity contribution in [2.75, 3.05) is 19.0 Å².